The standard InChI is InChI=1S/C24H23BrN2O2/c1-15-5-7-17(8-6-15)12-20-23(18-9-10-21(28-3)22(13-18)29-4)26-24-16(2)11-19(25)14-27(20)24/h5-11,13-14H,12H2,1-4H3. The summed E-state index contributed by atoms with van der Waals surface area (Å²) in [5, 5.41) is 0. The van der Waals surface area contributed by atoms with Gasteiger partial charge in [-0.05, 0) is 65.2 Å². The van der Waals surface area contributed by atoms with Crippen LogP contribution in [-0.4, -0.2) is 23.6 Å². The van der Waals surface area contributed by atoms with Crippen molar-refractivity contribution in [2.24, 2.45) is 0 Å². The molecule has 0 radical (unpaired) electrons. The summed E-state index contributed by atoms with van der Waals surface area (Å²) in [5.41, 5.74) is 7.68. The van der Waals surface area contributed by atoms with Gasteiger partial charge in [0.1, 0.15) is 5.65 Å². The van der Waals surface area contributed by atoms with Crippen molar-refractivity contribution in [1.29, 1.82) is 0 Å². The molecular weight excluding hydrogens is 428 g/mol. The van der Waals surface area contributed by atoms with E-state index in [0.717, 1.165) is 39.1 Å². The predicted octanol–water partition coefficient (Wildman–Crippen LogP) is 5.99. The SMILES string of the molecule is COc1ccc(-c2nc3c(C)cc(Br)cn3c2Cc2ccc(C)cc2)cc1OC. The Hall–Kier alpha value is -2.79. The molecule has 0 atom stereocenters. The van der Waals surface area contributed by atoms with Crippen LogP contribution in [0.3, 0.4) is 0 Å². The number of hydrogen-bond donors (Lipinski definition) is 0. The van der Waals surface area contributed by atoms with Crippen LogP contribution < -0.4 is 9.47 Å². The molecule has 5 heteroatoms. The first-order chi connectivity index (χ1) is 14.0. The van der Waals surface area contributed by atoms with Crippen LogP contribution in [0, 0.1) is 13.8 Å². The number of methoxy groups -OCH3 is 2. The Morgan fingerprint density at radius 2 is 1.66 bits per heavy atom. The van der Waals surface area contributed by atoms with Crippen molar-refractivity contribution >= 4 is 21.6 Å². The summed E-state index contributed by atoms with van der Waals surface area (Å²) in [4.78, 5) is 5.01. The van der Waals surface area contributed by atoms with Gasteiger partial charge in [0.2, 0.25) is 0 Å². The molecule has 0 saturated carbocycles. The molecule has 4 nitrogen and oxygen atoms in total. The van der Waals surface area contributed by atoms with Crippen molar-refractivity contribution < 1.29 is 9.47 Å². The minimum Gasteiger partial charge on any atom is -0.493 e. The Morgan fingerprint density at radius 1 is 0.931 bits per heavy atom. The van der Waals surface area contributed by atoms with Crippen LogP contribution in [0.5, 0.6) is 11.5 Å². The molecule has 0 fully saturated rings. The number of rotatable bonds is 5. The monoisotopic (exact) mass is 450 g/mol. The zero-order chi connectivity index (χ0) is 20.5. The Balaban J connectivity index is 1.93. The molecule has 148 valence electrons. The first-order valence-electron chi connectivity index (χ1n) is 9.45. The lowest BCUT2D eigenvalue weighted by Gasteiger charge is -2.10. The Kier molecular flexibility index (Phi) is 5.33. The molecule has 0 aliphatic carbocycles. The highest BCUT2D eigenvalue weighted by atomic mass is 79.9. The highest BCUT2D eigenvalue weighted by Gasteiger charge is 2.18. The van der Waals surface area contributed by atoms with Gasteiger partial charge in [-0.1, -0.05) is 29.8 Å². The Labute approximate surface area is 179 Å². The van der Waals surface area contributed by atoms with Crippen LogP contribution in [0.1, 0.15) is 22.4 Å². The summed E-state index contributed by atoms with van der Waals surface area (Å²) in [6.45, 7) is 4.19. The van der Waals surface area contributed by atoms with E-state index in [1.54, 1.807) is 14.2 Å². The summed E-state index contributed by atoms with van der Waals surface area (Å²) >= 11 is 3.63. The fourth-order valence-corrected chi connectivity index (χ4v) is 4.15. The summed E-state index contributed by atoms with van der Waals surface area (Å²) in [7, 11) is 3.30. The number of benzene rings is 2. The first kappa shape index (κ1) is 19.5. The molecule has 29 heavy (non-hydrogen) atoms. The molecule has 0 aliphatic heterocycles. The number of ether oxygens (including phenoxy) is 2. The summed E-state index contributed by atoms with van der Waals surface area (Å²) in [6, 6.07) is 16.7. The Morgan fingerprint density at radius 3 is 2.34 bits per heavy atom. The molecule has 0 N–H and O–H groups in total. The Bertz CT molecular complexity index is 1180. The molecule has 0 unspecified atom stereocenters. The maximum atomic E-state index is 5.52. The number of nitrogens with zero attached hydrogens (tertiary/aromatic N) is 2. The molecule has 4 rings (SSSR count). The number of aromatic nitrogens is 2. The number of fused-ring (bicyclic) bond motifs is 1. The van der Waals surface area contributed by atoms with E-state index in [0.29, 0.717) is 11.5 Å². The fraction of sp³-hybridized carbons (Fsp3) is 0.208. The third-order valence-corrected chi connectivity index (χ3v) is 5.55. The molecule has 0 spiro atoms. The molecule has 0 saturated heterocycles. The van der Waals surface area contributed by atoms with E-state index in [1.165, 1.54) is 11.1 Å². The van der Waals surface area contributed by atoms with E-state index in [2.05, 4.69) is 70.7 Å². The molecular formula is C24H23BrN2O2. The van der Waals surface area contributed by atoms with Gasteiger partial charge in [0, 0.05) is 22.7 Å². The zero-order valence-corrected chi connectivity index (χ0v) is 18.6. The van der Waals surface area contributed by atoms with Gasteiger partial charge in [0.25, 0.3) is 0 Å². The maximum Gasteiger partial charge on any atom is 0.161 e. The average Bonchev–Trinajstić information content (AvgIpc) is 3.07. The van der Waals surface area contributed by atoms with E-state index < -0.39 is 0 Å². The van der Waals surface area contributed by atoms with E-state index in [4.69, 9.17) is 14.5 Å². The molecule has 2 aromatic heterocycles. The van der Waals surface area contributed by atoms with Gasteiger partial charge in [-0.25, -0.2) is 4.98 Å². The van der Waals surface area contributed by atoms with Crippen LogP contribution in [0.4, 0.5) is 0 Å². The van der Waals surface area contributed by atoms with Gasteiger partial charge >= 0.3 is 0 Å². The van der Waals surface area contributed by atoms with Gasteiger partial charge in [-0.15, -0.1) is 0 Å². The van der Waals surface area contributed by atoms with Gasteiger partial charge in [0.05, 0.1) is 25.6 Å². The van der Waals surface area contributed by atoms with Crippen LogP contribution >= 0.6 is 15.9 Å². The summed E-state index contributed by atoms with van der Waals surface area (Å²) in [6.07, 6.45) is 2.87. The minimum absolute atomic E-state index is 0.696. The second-order valence-electron chi connectivity index (χ2n) is 7.17. The molecule has 0 aliphatic rings. The van der Waals surface area contributed by atoms with Gasteiger partial charge < -0.3 is 13.9 Å². The highest BCUT2D eigenvalue weighted by Crippen LogP contribution is 2.35. The van der Waals surface area contributed by atoms with Gasteiger partial charge in [-0.2, -0.15) is 0 Å². The molecule has 2 heterocycles. The van der Waals surface area contributed by atoms with Crippen molar-refractivity contribution in [2.45, 2.75) is 20.3 Å². The fourth-order valence-electron chi connectivity index (χ4n) is 3.60. The number of aryl methyl sites for hydroxylation is 2. The van der Waals surface area contributed by atoms with Gasteiger partial charge in [0.15, 0.2) is 11.5 Å². The molecule has 0 amide bonds. The quantitative estimate of drug-likeness (QED) is 0.374. The summed E-state index contributed by atoms with van der Waals surface area (Å²) in [5.74, 6) is 1.40. The third-order valence-electron chi connectivity index (χ3n) is 5.12. The average molecular weight is 451 g/mol. The predicted molar refractivity (Wildman–Crippen MR) is 120 cm³/mol. The van der Waals surface area contributed by atoms with E-state index in [9.17, 15) is 0 Å². The summed E-state index contributed by atoms with van der Waals surface area (Å²) < 4.78 is 14.1. The lowest BCUT2D eigenvalue weighted by Crippen LogP contribution is -1.98. The lowest BCUT2D eigenvalue weighted by atomic mass is 10.0. The van der Waals surface area contributed by atoms with E-state index >= 15 is 0 Å². The van der Waals surface area contributed by atoms with Crippen LogP contribution in [-0.2, 0) is 6.42 Å². The van der Waals surface area contributed by atoms with Crippen LogP contribution in [0.25, 0.3) is 16.9 Å². The largest absolute Gasteiger partial charge is 0.493 e. The number of pyridine rings is 1. The van der Waals surface area contributed by atoms with E-state index in [1.807, 2.05) is 18.2 Å². The lowest BCUT2D eigenvalue weighted by molar-refractivity contribution is 0.355. The number of imidazole rings is 1. The third kappa shape index (κ3) is 3.75. The first-order valence-corrected chi connectivity index (χ1v) is 10.2. The van der Waals surface area contributed by atoms with Crippen LogP contribution in [0.15, 0.2) is 59.2 Å². The van der Waals surface area contributed by atoms with E-state index in [-0.39, 0.29) is 0 Å². The number of halogens is 1. The van der Waals surface area contributed by atoms with Crippen molar-refractivity contribution in [3.8, 4) is 22.8 Å². The molecule has 2 aromatic carbocycles. The second-order valence-corrected chi connectivity index (χ2v) is 8.09. The van der Waals surface area contributed by atoms with Crippen molar-refractivity contribution in [3.63, 3.8) is 0 Å². The van der Waals surface area contributed by atoms with Gasteiger partial charge in [-0.3, -0.25) is 0 Å². The second kappa shape index (κ2) is 7.91. The van der Waals surface area contributed by atoms with Crippen LogP contribution in [0.2, 0.25) is 0 Å². The van der Waals surface area contributed by atoms with Crippen molar-refractivity contribution in [3.05, 3.63) is 81.6 Å². The normalized spacial score (nSPS) is 11.1. The molecule has 0 bridgehead atoms. The number of hydrogen-bond acceptors (Lipinski definition) is 3. The smallest absolute Gasteiger partial charge is 0.161 e. The highest BCUT2D eigenvalue weighted by molar-refractivity contribution is 9.10. The zero-order valence-electron chi connectivity index (χ0n) is 17.0. The minimum atomic E-state index is 0.696. The molecule has 4 aromatic rings. The maximum absolute atomic E-state index is 5.52. The van der Waals surface area contributed by atoms with Crippen molar-refractivity contribution in [1.82, 2.24) is 9.38 Å². The van der Waals surface area contributed by atoms with Crippen molar-refractivity contribution in [2.75, 3.05) is 14.2 Å². The topological polar surface area (TPSA) is 35.8 Å².